The molecule has 0 radical (unpaired) electrons. The lowest BCUT2D eigenvalue weighted by Gasteiger charge is -2.33. The molecule has 1 N–H and O–H groups in total. The van der Waals surface area contributed by atoms with Gasteiger partial charge in [0.05, 0.1) is 5.56 Å². The Labute approximate surface area is 98.7 Å². The Balaban J connectivity index is 2.12. The predicted octanol–water partition coefficient (Wildman–Crippen LogP) is 2.09. The summed E-state index contributed by atoms with van der Waals surface area (Å²) in [5.41, 5.74) is 1.21. The van der Waals surface area contributed by atoms with Crippen LogP contribution in [0.3, 0.4) is 0 Å². The van der Waals surface area contributed by atoms with Crippen molar-refractivity contribution in [3.63, 3.8) is 0 Å². The molecule has 0 bridgehead atoms. The third kappa shape index (κ3) is 1.35. The summed E-state index contributed by atoms with van der Waals surface area (Å²) in [7, 11) is 0. The van der Waals surface area contributed by atoms with E-state index in [4.69, 9.17) is 16.3 Å². The van der Waals surface area contributed by atoms with Gasteiger partial charge in [0.15, 0.2) is 0 Å². The highest BCUT2D eigenvalue weighted by Gasteiger charge is 2.45. The van der Waals surface area contributed by atoms with E-state index in [1.165, 1.54) is 0 Å². The van der Waals surface area contributed by atoms with E-state index in [9.17, 15) is 4.79 Å². The van der Waals surface area contributed by atoms with E-state index in [1.807, 2.05) is 6.07 Å². The predicted molar refractivity (Wildman–Crippen MR) is 60.6 cm³/mol. The lowest BCUT2D eigenvalue weighted by atomic mass is 9.84. The van der Waals surface area contributed by atoms with Crippen LogP contribution in [-0.2, 0) is 10.3 Å². The molecule has 1 fully saturated rings. The molecule has 0 atom stereocenters. The molecular weight excluding hydrogens is 226 g/mol. The fourth-order valence-corrected chi connectivity index (χ4v) is 2.73. The SMILES string of the molecule is O=C1OC2(CCNCC2)c2cc(Cl)ccc21. The third-order valence-electron chi connectivity index (χ3n) is 3.39. The van der Waals surface area contributed by atoms with Crippen LogP contribution in [0.1, 0.15) is 28.8 Å². The molecular formula is C12H12ClNO2. The highest BCUT2D eigenvalue weighted by atomic mass is 35.5. The number of halogens is 1. The molecule has 16 heavy (non-hydrogen) atoms. The minimum absolute atomic E-state index is 0.214. The number of piperidine rings is 1. The van der Waals surface area contributed by atoms with E-state index >= 15 is 0 Å². The molecule has 84 valence electrons. The summed E-state index contributed by atoms with van der Waals surface area (Å²) in [5, 5.41) is 3.93. The van der Waals surface area contributed by atoms with Gasteiger partial charge in [-0.2, -0.15) is 0 Å². The maximum absolute atomic E-state index is 11.8. The minimum Gasteiger partial charge on any atom is -0.450 e. The number of esters is 1. The number of nitrogens with one attached hydrogen (secondary N) is 1. The Kier molecular flexibility index (Phi) is 2.19. The van der Waals surface area contributed by atoms with Crippen LogP contribution in [0.15, 0.2) is 18.2 Å². The molecule has 3 rings (SSSR count). The van der Waals surface area contributed by atoms with E-state index in [1.54, 1.807) is 12.1 Å². The van der Waals surface area contributed by atoms with Crippen LogP contribution in [0.5, 0.6) is 0 Å². The molecule has 1 aromatic carbocycles. The summed E-state index contributed by atoms with van der Waals surface area (Å²) < 4.78 is 5.58. The first-order valence-electron chi connectivity index (χ1n) is 5.45. The van der Waals surface area contributed by atoms with Crippen molar-refractivity contribution in [3.05, 3.63) is 34.3 Å². The highest BCUT2D eigenvalue weighted by Crippen LogP contribution is 2.43. The highest BCUT2D eigenvalue weighted by molar-refractivity contribution is 6.30. The van der Waals surface area contributed by atoms with Gasteiger partial charge >= 0.3 is 5.97 Å². The number of fused-ring (bicyclic) bond motifs is 2. The van der Waals surface area contributed by atoms with E-state index < -0.39 is 5.60 Å². The zero-order chi connectivity index (χ0) is 11.2. The van der Waals surface area contributed by atoms with Crippen molar-refractivity contribution >= 4 is 17.6 Å². The molecule has 2 heterocycles. The molecule has 0 amide bonds. The average Bonchev–Trinajstić information content (AvgIpc) is 2.53. The van der Waals surface area contributed by atoms with Gasteiger partial charge in [0.1, 0.15) is 5.60 Å². The van der Waals surface area contributed by atoms with E-state index in [2.05, 4.69) is 5.32 Å². The average molecular weight is 238 g/mol. The zero-order valence-electron chi connectivity index (χ0n) is 8.75. The van der Waals surface area contributed by atoms with Crippen LogP contribution in [0.25, 0.3) is 0 Å². The first-order valence-corrected chi connectivity index (χ1v) is 5.83. The summed E-state index contributed by atoms with van der Waals surface area (Å²) >= 11 is 5.99. The number of carbonyl (C=O) groups is 1. The molecule has 0 aromatic heterocycles. The summed E-state index contributed by atoms with van der Waals surface area (Å²) in [6.45, 7) is 1.75. The van der Waals surface area contributed by atoms with Gasteiger partial charge in [0.2, 0.25) is 0 Å². The van der Waals surface area contributed by atoms with E-state index in [0.717, 1.165) is 31.5 Å². The monoisotopic (exact) mass is 237 g/mol. The second-order valence-corrected chi connectivity index (χ2v) is 4.76. The molecule has 2 aliphatic heterocycles. The van der Waals surface area contributed by atoms with Crippen molar-refractivity contribution in [2.75, 3.05) is 13.1 Å². The fourth-order valence-electron chi connectivity index (χ4n) is 2.56. The van der Waals surface area contributed by atoms with Crippen molar-refractivity contribution in [2.24, 2.45) is 0 Å². The van der Waals surface area contributed by atoms with Gasteiger partial charge in [-0.05, 0) is 31.3 Å². The van der Waals surface area contributed by atoms with Crippen LogP contribution in [0.2, 0.25) is 5.02 Å². The number of ether oxygens (including phenoxy) is 1. The first kappa shape index (κ1) is 10.1. The quantitative estimate of drug-likeness (QED) is 0.703. The number of benzene rings is 1. The van der Waals surface area contributed by atoms with E-state index in [0.29, 0.717) is 10.6 Å². The normalized spacial score (nSPS) is 21.9. The van der Waals surface area contributed by atoms with Gasteiger partial charge in [-0.25, -0.2) is 4.79 Å². The van der Waals surface area contributed by atoms with Gasteiger partial charge < -0.3 is 10.1 Å². The first-order chi connectivity index (χ1) is 7.71. The standard InChI is InChI=1S/C12H12ClNO2/c13-8-1-2-9-10(7-8)12(16-11(9)15)3-5-14-6-4-12/h1-2,7,14H,3-6H2. The van der Waals surface area contributed by atoms with Crippen molar-refractivity contribution < 1.29 is 9.53 Å². The Bertz CT molecular complexity index is 452. The molecule has 0 unspecified atom stereocenters. The van der Waals surface area contributed by atoms with Gasteiger partial charge in [0, 0.05) is 23.4 Å². The van der Waals surface area contributed by atoms with Crippen LogP contribution in [0.4, 0.5) is 0 Å². The van der Waals surface area contributed by atoms with Crippen LogP contribution in [0, 0.1) is 0 Å². The molecule has 0 saturated carbocycles. The van der Waals surface area contributed by atoms with Gasteiger partial charge in [-0.3, -0.25) is 0 Å². The number of hydrogen-bond acceptors (Lipinski definition) is 3. The molecule has 3 nitrogen and oxygen atoms in total. The third-order valence-corrected chi connectivity index (χ3v) is 3.63. The maximum Gasteiger partial charge on any atom is 0.339 e. The largest absolute Gasteiger partial charge is 0.450 e. The summed E-state index contributed by atoms with van der Waals surface area (Å²) in [4.78, 5) is 11.8. The van der Waals surface area contributed by atoms with Crippen molar-refractivity contribution in [3.8, 4) is 0 Å². The van der Waals surface area contributed by atoms with Crippen molar-refractivity contribution in [1.82, 2.24) is 5.32 Å². The van der Waals surface area contributed by atoms with Crippen LogP contribution < -0.4 is 5.32 Å². The van der Waals surface area contributed by atoms with Crippen molar-refractivity contribution in [2.45, 2.75) is 18.4 Å². The Morgan fingerprint density at radius 3 is 2.81 bits per heavy atom. The second-order valence-electron chi connectivity index (χ2n) is 4.32. The number of carbonyl (C=O) groups excluding carboxylic acids is 1. The van der Waals surface area contributed by atoms with Crippen LogP contribution >= 0.6 is 11.6 Å². The van der Waals surface area contributed by atoms with Crippen LogP contribution in [-0.4, -0.2) is 19.1 Å². The smallest absolute Gasteiger partial charge is 0.339 e. The topological polar surface area (TPSA) is 38.3 Å². The molecule has 4 heteroatoms. The minimum atomic E-state index is -0.428. The molecule has 1 aromatic rings. The van der Waals surface area contributed by atoms with Gasteiger partial charge in [0.25, 0.3) is 0 Å². The fraction of sp³-hybridized carbons (Fsp3) is 0.417. The van der Waals surface area contributed by atoms with E-state index in [-0.39, 0.29) is 5.97 Å². The molecule has 2 aliphatic rings. The summed E-state index contributed by atoms with van der Waals surface area (Å²) in [6, 6.07) is 5.37. The van der Waals surface area contributed by atoms with Gasteiger partial charge in [-0.15, -0.1) is 0 Å². The second kappa shape index (κ2) is 3.47. The Hall–Kier alpha value is -1.06. The summed E-state index contributed by atoms with van der Waals surface area (Å²) in [5.74, 6) is -0.214. The zero-order valence-corrected chi connectivity index (χ0v) is 9.51. The summed E-state index contributed by atoms with van der Waals surface area (Å²) in [6.07, 6.45) is 1.65. The Morgan fingerprint density at radius 2 is 2.06 bits per heavy atom. The lowest BCUT2D eigenvalue weighted by Crippen LogP contribution is -2.39. The Morgan fingerprint density at radius 1 is 1.31 bits per heavy atom. The number of rotatable bonds is 0. The molecule has 0 aliphatic carbocycles. The molecule has 1 spiro atoms. The number of hydrogen-bond donors (Lipinski definition) is 1. The lowest BCUT2D eigenvalue weighted by molar-refractivity contribution is -0.0241. The van der Waals surface area contributed by atoms with Crippen molar-refractivity contribution in [1.29, 1.82) is 0 Å². The maximum atomic E-state index is 11.8. The molecule has 1 saturated heterocycles. The van der Waals surface area contributed by atoms with Gasteiger partial charge in [-0.1, -0.05) is 11.6 Å².